The number of carbonyl (C=O) groups excluding carboxylic acids is 2. The third-order valence-corrected chi connectivity index (χ3v) is 5.03. The Bertz CT molecular complexity index is 738. The van der Waals surface area contributed by atoms with E-state index in [-0.39, 0.29) is 24.2 Å². The van der Waals surface area contributed by atoms with Crippen molar-refractivity contribution < 1.29 is 19.1 Å². The molecule has 0 aliphatic heterocycles. The van der Waals surface area contributed by atoms with E-state index in [2.05, 4.69) is 32.9 Å². The molecule has 0 atom stereocenters. The molecular weight excluding hydrogens is 364 g/mol. The molecule has 0 radical (unpaired) electrons. The number of esters is 2. The smallest absolute Gasteiger partial charge is 0.345 e. The van der Waals surface area contributed by atoms with Crippen molar-refractivity contribution in [2.75, 3.05) is 13.2 Å². The molecular formula is C25H36O4. The minimum absolute atomic E-state index is 0.0891. The first-order chi connectivity index (χ1) is 13.6. The minimum atomic E-state index is -0.666. The van der Waals surface area contributed by atoms with E-state index in [1.807, 2.05) is 26.0 Å². The van der Waals surface area contributed by atoms with Crippen molar-refractivity contribution in [3.63, 3.8) is 0 Å². The van der Waals surface area contributed by atoms with E-state index in [1.165, 1.54) is 36.5 Å². The molecule has 0 N–H and O–H groups in total. The highest BCUT2D eigenvalue weighted by atomic mass is 16.6. The van der Waals surface area contributed by atoms with Crippen molar-refractivity contribution in [3.8, 4) is 0 Å². The molecule has 0 amide bonds. The van der Waals surface area contributed by atoms with E-state index in [0.717, 1.165) is 11.1 Å². The Kier molecular flexibility index (Phi) is 9.87. The molecule has 0 heterocycles. The lowest BCUT2D eigenvalue weighted by Gasteiger charge is -2.32. The zero-order chi connectivity index (χ0) is 22.0. The van der Waals surface area contributed by atoms with E-state index >= 15 is 0 Å². The SMILES string of the molecule is CCOC(=O)C(=C/C(C)=C/C=C(C)/C=C/C1=C(C)CCCC1(C)C)C(=O)OCC. The van der Waals surface area contributed by atoms with Gasteiger partial charge in [0.2, 0.25) is 0 Å². The number of rotatable bonds is 8. The lowest BCUT2D eigenvalue weighted by Crippen LogP contribution is -2.19. The Morgan fingerprint density at radius 1 is 1.00 bits per heavy atom. The van der Waals surface area contributed by atoms with Crippen molar-refractivity contribution in [1.29, 1.82) is 0 Å². The molecule has 0 aromatic rings. The van der Waals surface area contributed by atoms with Gasteiger partial charge >= 0.3 is 11.9 Å². The van der Waals surface area contributed by atoms with Crippen LogP contribution in [-0.2, 0) is 19.1 Å². The summed E-state index contributed by atoms with van der Waals surface area (Å²) >= 11 is 0. The lowest BCUT2D eigenvalue weighted by molar-refractivity contribution is -0.146. The second-order valence-electron chi connectivity index (χ2n) is 8.09. The molecule has 29 heavy (non-hydrogen) atoms. The van der Waals surface area contributed by atoms with Gasteiger partial charge < -0.3 is 9.47 Å². The summed E-state index contributed by atoms with van der Waals surface area (Å²) in [6, 6.07) is 0. The van der Waals surface area contributed by atoms with E-state index in [4.69, 9.17) is 9.47 Å². The van der Waals surface area contributed by atoms with Gasteiger partial charge in [-0.3, -0.25) is 0 Å². The summed E-state index contributed by atoms with van der Waals surface area (Å²) in [5.74, 6) is -1.33. The maximum absolute atomic E-state index is 12.1. The maximum Gasteiger partial charge on any atom is 0.345 e. The first kappa shape index (κ1) is 24.7. The van der Waals surface area contributed by atoms with E-state index in [1.54, 1.807) is 13.8 Å². The molecule has 4 nitrogen and oxygen atoms in total. The average Bonchev–Trinajstić information content (AvgIpc) is 2.63. The van der Waals surface area contributed by atoms with Crippen LogP contribution in [0.1, 0.15) is 67.7 Å². The van der Waals surface area contributed by atoms with Gasteiger partial charge in [-0.2, -0.15) is 0 Å². The molecule has 0 fully saturated rings. The molecule has 0 unspecified atom stereocenters. The molecule has 0 aromatic heterocycles. The first-order valence-corrected chi connectivity index (χ1v) is 10.4. The van der Waals surface area contributed by atoms with Crippen molar-refractivity contribution in [1.82, 2.24) is 0 Å². The Morgan fingerprint density at radius 3 is 2.07 bits per heavy atom. The van der Waals surface area contributed by atoms with Crippen LogP contribution in [-0.4, -0.2) is 25.2 Å². The number of hydrogen-bond donors (Lipinski definition) is 0. The van der Waals surface area contributed by atoms with Gasteiger partial charge in [0.05, 0.1) is 13.2 Å². The van der Waals surface area contributed by atoms with E-state index in [9.17, 15) is 9.59 Å². The van der Waals surface area contributed by atoms with Gasteiger partial charge in [0.15, 0.2) is 0 Å². The second-order valence-corrected chi connectivity index (χ2v) is 8.09. The quantitative estimate of drug-likeness (QED) is 0.164. The van der Waals surface area contributed by atoms with Gasteiger partial charge in [-0.25, -0.2) is 9.59 Å². The first-order valence-electron chi connectivity index (χ1n) is 10.4. The van der Waals surface area contributed by atoms with Crippen LogP contribution in [0.25, 0.3) is 0 Å². The molecule has 1 aliphatic rings. The lowest BCUT2D eigenvalue weighted by atomic mass is 9.72. The second kappa shape index (κ2) is 11.6. The van der Waals surface area contributed by atoms with Crippen LogP contribution in [0.3, 0.4) is 0 Å². The molecule has 1 aliphatic carbocycles. The average molecular weight is 401 g/mol. The summed E-state index contributed by atoms with van der Waals surface area (Å²) in [5.41, 5.74) is 4.86. The fourth-order valence-electron chi connectivity index (χ4n) is 3.44. The minimum Gasteiger partial charge on any atom is -0.462 e. The maximum atomic E-state index is 12.1. The van der Waals surface area contributed by atoms with Gasteiger partial charge in [0.25, 0.3) is 0 Å². The van der Waals surface area contributed by atoms with Crippen LogP contribution >= 0.6 is 0 Å². The summed E-state index contributed by atoms with van der Waals surface area (Å²) in [5, 5.41) is 0. The van der Waals surface area contributed by atoms with Crippen LogP contribution in [0.4, 0.5) is 0 Å². The van der Waals surface area contributed by atoms with Gasteiger partial charge in [0.1, 0.15) is 5.57 Å². The van der Waals surface area contributed by atoms with Gasteiger partial charge in [0, 0.05) is 0 Å². The fourth-order valence-corrected chi connectivity index (χ4v) is 3.44. The monoisotopic (exact) mass is 400 g/mol. The van der Waals surface area contributed by atoms with Crippen molar-refractivity contribution in [2.24, 2.45) is 5.41 Å². The van der Waals surface area contributed by atoms with Crippen LogP contribution in [0.15, 0.2) is 58.2 Å². The highest BCUT2D eigenvalue weighted by Gasteiger charge is 2.26. The third-order valence-electron chi connectivity index (χ3n) is 5.03. The molecule has 1 rings (SSSR count). The molecule has 4 heteroatoms. The number of hydrogen-bond acceptors (Lipinski definition) is 4. The number of carbonyl (C=O) groups is 2. The molecule has 0 aromatic carbocycles. The largest absolute Gasteiger partial charge is 0.462 e. The van der Waals surface area contributed by atoms with Crippen LogP contribution in [0.2, 0.25) is 0 Å². The van der Waals surface area contributed by atoms with Gasteiger partial charge in [-0.05, 0) is 76.5 Å². The predicted molar refractivity (Wildman–Crippen MR) is 118 cm³/mol. The van der Waals surface area contributed by atoms with E-state index in [0.29, 0.717) is 0 Å². The summed E-state index contributed by atoms with van der Waals surface area (Å²) < 4.78 is 9.93. The third kappa shape index (κ3) is 7.88. The molecule has 0 saturated heterocycles. The topological polar surface area (TPSA) is 52.6 Å². The Morgan fingerprint density at radius 2 is 1.55 bits per heavy atom. The normalized spacial score (nSPS) is 17.3. The highest BCUT2D eigenvalue weighted by Crippen LogP contribution is 2.40. The van der Waals surface area contributed by atoms with Gasteiger partial charge in [-0.15, -0.1) is 0 Å². The Balaban J connectivity index is 3.02. The molecule has 0 spiro atoms. The van der Waals surface area contributed by atoms with Crippen molar-refractivity contribution in [3.05, 3.63) is 58.2 Å². The number of allylic oxidation sites excluding steroid dienone is 9. The van der Waals surface area contributed by atoms with Crippen LogP contribution in [0, 0.1) is 5.41 Å². The summed E-state index contributed by atoms with van der Waals surface area (Å²) in [6.07, 6.45) is 13.3. The standard InChI is InChI=1S/C25H36O4/c1-8-28-23(26)21(24(27)29-9-2)17-19(4)13-12-18(3)14-15-22-20(5)11-10-16-25(22,6)7/h12-15,17H,8-11,16H2,1-7H3/b15-14+,18-12+,19-13+. The number of ether oxygens (including phenoxy) is 2. The van der Waals surface area contributed by atoms with Gasteiger partial charge in [-0.1, -0.05) is 49.3 Å². The zero-order valence-electron chi connectivity index (χ0n) is 19.1. The summed E-state index contributed by atoms with van der Waals surface area (Å²) in [4.78, 5) is 24.1. The highest BCUT2D eigenvalue weighted by molar-refractivity contribution is 6.14. The van der Waals surface area contributed by atoms with Crippen LogP contribution < -0.4 is 0 Å². The Hall–Kier alpha value is -2.36. The fraction of sp³-hybridized carbons (Fsp3) is 0.520. The summed E-state index contributed by atoms with van der Waals surface area (Å²) in [6.45, 7) is 14.5. The molecule has 0 bridgehead atoms. The molecule has 0 saturated carbocycles. The zero-order valence-corrected chi connectivity index (χ0v) is 19.1. The van der Waals surface area contributed by atoms with Crippen molar-refractivity contribution in [2.45, 2.75) is 67.7 Å². The predicted octanol–water partition coefficient (Wildman–Crippen LogP) is 6.01. The Labute approximate surface area is 176 Å². The van der Waals surface area contributed by atoms with Crippen molar-refractivity contribution >= 4 is 11.9 Å². The van der Waals surface area contributed by atoms with E-state index < -0.39 is 11.9 Å². The summed E-state index contributed by atoms with van der Waals surface area (Å²) in [7, 11) is 0. The molecule has 160 valence electrons. The van der Waals surface area contributed by atoms with Crippen LogP contribution in [0.5, 0.6) is 0 Å².